The number of non-ortho nitro benzene ring substituents is 1. The number of nitrogens with one attached hydrogen (secondary N) is 1. The summed E-state index contributed by atoms with van der Waals surface area (Å²) in [6, 6.07) is 9.79. The lowest BCUT2D eigenvalue weighted by atomic mass is 10.2. The Bertz CT molecular complexity index is 669. The number of nitro benzene ring substituents is 1. The van der Waals surface area contributed by atoms with Crippen molar-refractivity contribution in [3.8, 4) is 5.75 Å². The molecule has 0 spiro atoms. The molecule has 0 atom stereocenters. The molecule has 0 aromatic heterocycles. The van der Waals surface area contributed by atoms with E-state index in [1.54, 1.807) is 24.3 Å². The van der Waals surface area contributed by atoms with Gasteiger partial charge in [-0.15, -0.1) is 0 Å². The zero-order chi connectivity index (χ0) is 16.1. The Hall–Kier alpha value is -1.98. The maximum Gasteiger partial charge on any atom is 0.271 e. The lowest BCUT2D eigenvalue weighted by Crippen LogP contribution is -2.01. The van der Waals surface area contributed by atoms with Crippen LogP contribution < -0.4 is 10.1 Å². The molecule has 0 radical (unpaired) electrons. The van der Waals surface area contributed by atoms with Crippen LogP contribution in [-0.2, 0) is 6.54 Å². The van der Waals surface area contributed by atoms with Gasteiger partial charge in [0.25, 0.3) is 5.69 Å². The summed E-state index contributed by atoms with van der Waals surface area (Å²) < 4.78 is 5.37. The molecule has 116 valence electrons. The van der Waals surface area contributed by atoms with Gasteiger partial charge < -0.3 is 10.1 Å². The molecule has 0 fully saturated rings. The largest absolute Gasteiger partial charge is 0.491 e. The van der Waals surface area contributed by atoms with E-state index in [9.17, 15) is 10.1 Å². The fraction of sp³-hybridized carbons (Fsp3) is 0.200. The fourth-order valence-corrected chi connectivity index (χ4v) is 2.57. The van der Waals surface area contributed by atoms with Gasteiger partial charge in [0.15, 0.2) is 5.75 Å². The minimum atomic E-state index is -0.435. The maximum atomic E-state index is 10.7. The molecular weight excluding hydrogens is 327 g/mol. The smallest absolute Gasteiger partial charge is 0.271 e. The minimum Gasteiger partial charge on any atom is -0.491 e. The molecule has 2 aromatic rings. The standard InChI is InChI=1S/C15H14Cl2N2O3/c1-2-22-15-13(16)6-10(7-14(15)17)9-18-11-4-3-5-12(8-11)19(20)21/h3-8,18H,2,9H2,1H3. The Balaban J connectivity index is 2.12. The van der Waals surface area contributed by atoms with Gasteiger partial charge in [-0.1, -0.05) is 29.3 Å². The first-order valence-electron chi connectivity index (χ1n) is 6.60. The zero-order valence-corrected chi connectivity index (χ0v) is 13.3. The zero-order valence-electron chi connectivity index (χ0n) is 11.8. The molecular formula is C15H14Cl2N2O3. The molecule has 0 heterocycles. The van der Waals surface area contributed by atoms with Gasteiger partial charge in [0.05, 0.1) is 21.6 Å². The van der Waals surface area contributed by atoms with Gasteiger partial charge in [-0.25, -0.2) is 0 Å². The molecule has 7 heteroatoms. The van der Waals surface area contributed by atoms with Crippen LogP contribution in [0.4, 0.5) is 11.4 Å². The molecule has 0 saturated carbocycles. The predicted molar refractivity (Wildman–Crippen MR) is 88.1 cm³/mol. The molecule has 0 bridgehead atoms. The SMILES string of the molecule is CCOc1c(Cl)cc(CNc2cccc([N+](=O)[O-])c2)cc1Cl. The average molecular weight is 341 g/mol. The van der Waals surface area contributed by atoms with Crippen LogP contribution in [0.25, 0.3) is 0 Å². The van der Waals surface area contributed by atoms with Crippen molar-refractivity contribution in [3.63, 3.8) is 0 Å². The molecule has 0 unspecified atom stereocenters. The van der Waals surface area contributed by atoms with Gasteiger partial charge in [-0.3, -0.25) is 10.1 Å². The first-order valence-corrected chi connectivity index (χ1v) is 7.36. The summed E-state index contributed by atoms with van der Waals surface area (Å²) in [6.45, 7) is 2.77. The summed E-state index contributed by atoms with van der Waals surface area (Å²) in [5.41, 5.74) is 1.54. The Kier molecular flexibility index (Phi) is 5.46. The second-order valence-corrected chi connectivity index (χ2v) is 5.30. The van der Waals surface area contributed by atoms with E-state index in [1.807, 2.05) is 6.92 Å². The maximum absolute atomic E-state index is 10.7. The number of nitro groups is 1. The molecule has 2 rings (SSSR count). The van der Waals surface area contributed by atoms with E-state index in [2.05, 4.69) is 5.32 Å². The van der Waals surface area contributed by atoms with Crippen molar-refractivity contribution >= 4 is 34.6 Å². The molecule has 0 aliphatic rings. The quantitative estimate of drug-likeness (QED) is 0.599. The van der Waals surface area contributed by atoms with Crippen molar-refractivity contribution < 1.29 is 9.66 Å². The van der Waals surface area contributed by atoms with Gasteiger partial charge in [-0.05, 0) is 30.7 Å². The minimum absolute atomic E-state index is 0.0350. The van der Waals surface area contributed by atoms with E-state index in [0.717, 1.165) is 5.56 Å². The summed E-state index contributed by atoms with van der Waals surface area (Å²) in [5.74, 6) is 0.463. The third kappa shape index (κ3) is 4.02. The molecule has 22 heavy (non-hydrogen) atoms. The molecule has 0 aliphatic carbocycles. The number of nitrogens with zero attached hydrogens (tertiary/aromatic N) is 1. The van der Waals surface area contributed by atoms with E-state index in [1.165, 1.54) is 12.1 Å². The van der Waals surface area contributed by atoms with Gasteiger partial charge >= 0.3 is 0 Å². The molecule has 0 amide bonds. The first kappa shape index (κ1) is 16.4. The number of ether oxygens (including phenoxy) is 1. The van der Waals surface area contributed by atoms with Crippen molar-refractivity contribution in [3.05, 3.63) is 62.1 Å². The Morgan fingerprint density at radius 2 is 1.91 bits per heavy atom. The summed E-state index contributed by atoms with van der Waals surface area (Å²) in [7, 11) is 0. The highest BCUT2D eigenvalue weighted by Crippen LogP contribution is 2.34. The van der Waals surface area contributed by atoms with Crippen molar-refractivity contribution in [1.82, 2.24) is 0 Å². The Morgan fingerprint density at radius 1 is 1.23 bits per heavy atom. The number of hydrogen-bond donors (Lipinski definition) is 1. The number of benzene rings is 2. The lowest BCUT2D eigenvalue weighted by molar-refractivity contribution is -0.384. The van der Waals surface area contributed by atoms with Crippen molar-refractivity contribution in [2.75, 3.05) is 11.9 Å². The van der Waals surface area contributed by atoms with E-state index in [-0.39, 0.29) is 5.69 Å². The van der Waals surface area contributed by atoms with Gasteiger partial charge in [0.2, 0.25) is 0 Å². The van der Waals surface area contributed by atoms with Crippen LogP contribution >= 0.6 is 23.2 Å². The van der Waals surface area contributed by atoms with Gasteiger partial charge in [0.1, 0.15) is 0 Å². The monoisotopic (exact) mass is 340 g/mol. The van der Waals surface area contributed by atoms with E-state index in [4.69, 9.17) is 27.9 Å². The molecule has 0 aliphatic heterocycles. The summed E-state index contributed by atoms with van der Waals surface area (Å²) in [6.07, 6.45) is 0. The summed E-state index contributed by atoms with van der Waals surface area (Å²) >= 11 is 12.3. The Labute approximate surface area is 138 Å². The third-order valence-electron chi connectivity index (χ3n) is 2.90. The molecule has 0 saturated heterocycles. The van der Waals surface area contributed by atoms with Gasteiger partial charge in [-0.2, -0.15) is 0 Å². The van der Waals surface area contributed by atoms with Crippen LogP contribution in [0.3, 0.4) is 0 Å². The van der Waals surface area contributed by atoms with Crippen LogP contribution in [0.1, 0.15) is 12.5 Å². The van der Waals surface area contributed by atoms with Crippen molar-refractivity contribution in [2.45, 2.75) is 13.5 Å². The van der Waals surface area contributed by atoms with Crippen LogP contribution in [0.2, 0.25) is 10.0 Å². The van der Waals surface area contributed by atoms with Crippen LogP contribution in [0.5, 0.6) is 5.75 Å². The van der Waals surface area contributed by atoms with Crippen LogP contribution in [0, 0.1) is 10.1 Å². The number of anilines is 1. The molecule has 2 aromatic carbocycles. The first-order chi connectivity index (χ1) is 10.5. The number of hydrogen-bond acceptors (Lipinski definition) is 4. The summed E-state index contributed by atoms with van der Waals surface area (Å²) in [5, 5.41) is 14.7. The highest BCUT2D eigenvalue weighted by molar-refractivity contribution is 6.37. The summed E-state index contributed by atoms with van der Waals surface area (Å²) in [4.78, 5) is 10.3. The predicted octanol–water partition coefficient (Wildman–Crippen LogP) is 4.91. The van der Waals surface area contributed by atoms with Crippen molar-refractivity contribution in [1.29, 1.82) is 0 Å². The highest BCUT2D eigenvalue weighted by Gasteiger charge is 2.10. The number of halogens is 2. The van der Waals surface area contributed by atoms with Crippen molar-refractivity contribution in [2.24, 2.45) is 0 Å². The highest BCUT2D eigenvalue weighted by atomic mass is 35.5. The van der Waals surface area contributed by atoms with Crippen LogP contribution in [0.15, 0.2) is 36.4 Å². The van der Waals surface area contributed by atoms with E-state index in [0.29, 0.717) is 34.6 Å². The lowest BCUT2D eigenvalue weighted by Gasteiger charge is -2.11. The second kappa shape index (κ2) is 7.33. The average Bonchev–Trinajstić information content (AvgIpc) is 2.49. The normalized spacial score (nSPS) is 10.3. The van der Waals surface area contributed by atoms with Crippen LogP contribution in [-0.4, -0.2) is 11.5 Å². The number of rotatable bonds is 6. The van der Waals surface area contributed by atoms with Gasteiger partial charge in [0, 0.05) is 24.4 Å². The fourth-order valence-electron chi connectivity index (χ4n) is 1.93. The Morgan fingerprint density at radius 3 is 2.50 bits per heavy atom. The second-order valence-electron chi connectivity index (χ2n) is 4.48. The van der Waals surface area contributed by atoms with E-state index < -0.39 is 4.92 Å². The third-order valence-corrected chi connectivity index (χ3v) is 3.46. The van der Waals surface area contributed by atoms with E-state index >= 15 is 0 Å². The molecule has 1 N–H and O–H groups in total. The molecule has 5 nitrogen and oxygen atoms in total. The topological polar surface area (TPSA) is 64.4 Å².